The second kappa shape index (κ2) is 8.75. The van der Waals surface area contributed by atoms with Gasteiger partial charge in [0.2, 0.25) is 0 Å². The van der Waals surface area contributed by atoms with Crippen LogP contribution in [0.3, 0.4) is 0 Å². The standard InChI is InChI=1S/C23H19FN4O4S/c1-14-10-11-15(33(31,32)28-21-9-5-3-7-19(21)24)12-17(14)22(29)26-27-23(30)18-13-25-20-8-4-2-6-16(18)20/h2-13,25,28H,1H3,(H,26,29)(H,27,30). The molecule has 0 aliphatic carbocycles. The molecular weight excluding hydrogens is 447 g/mol. The summed E-state index contributed by atoms with van der Waals surface area (Å²) in [4.78, 5) is 27.9. The Morgan fingerprint density at radius 3 is 2.30 bits per heavy atom. The van der Waals surface area contributed by atoms with E-state index in [1.54, 1.807) is 19.1 Å². The van der Waals surface area contributed by atoms with E-state index in [0.29, 0.717) is 16.5 Å². The third-order valence-corrected chi connectivity index (χ3v) is 6.37. The largest absolute Gasteiger partial charge is 0.360 e. The number of H-pyrrole nitrogens is 1. The zero-order valence-corrected chi connectivity index (χ0v) is 18.2. The Labute approximate surface area is 188 Å². The van der Waals surface area contributed by atoms with Gasteiger partial charge in [-0.1, -0.05) is 36.4 Å². The van der Waals surface area contributed by atoms with Crippen molar-refractivity contribution in [3.8, 4) is 0 Å². The van der Waals surface area contributed by atoms with E-state index < -0.39 is 27.7 Å². The molecule has 0 radical (unpaired) electrons. The number of aromatic amines is 1. The van der Waals surface area contributed by atoms with Crippen molar-refractivity contribution in [1.29, 1.82) is 0 Å². The minimum atomic E-state index is -4.16. The molecule has 0 saturated heterocycles. The number of hydrazine groups is 1. The lowest BCUT2D eigenvalue weighted by Gasteiger charge is -2.12. The number of carbonyl (C=O) groups is 2. The van der Waals surface area contributed by atoms with Gasteiger partial charge in [-0.25, -0.2) is 12.8 Å². The van der Waals surface area contributed by atoms with Crippen LogP contribution in [0.4, 0.5) is 10.1 Å². The summed E-state index contributed by atoms with van der Waals surface area (Å²) in [7, 11) is -4.16. The number of hydrogen-bond donors (Lipinski definition) is 4. The van der Waals surface area contributed by atoms with E-state index in [9.17, 15) is 22.4 Å². The zero-order chi connectivity index (χ0) is 23.6. The summed E-state index contributed by atoms with van der Waals surface area (Å²) in [6.07, 6.45) is 1.53. The fourth-order valence-corrected chi connectivity index (χ4v) is 4.36. The number of amides is 2. The minimum absolute atomic E-state index is 0.0330. The van der Waals surface area contributed by atoms with E-state index in [2.05, 4.69) is 20.6 Å². The Morgan fingerprint density at radius 1 is 0.879 bits per heavy atom. The number of carbonyl (C=O) groups excluding carboxylic acids is 2. The molecule has 0 unspecified atom stereocenters. The van der Waals surface area contributed by atoms with Gasteiger partial charge in [0.25, 0.3) is 21.8 Å². The maximum atomic E-state index is 13.9. The van der Waals surface area contributed by atoms with Gasteiger partial charge in [0.15, 0.2) is 0 Å². The lowest BCUT2D eigenvalue weighted by molar-refractivity contribution is 0.0847. The SMILES string of the molecule is Cc1ccc(S(=O)(=O)Nc2ccccc2F)cc1C(=O)NNC(=O)c1c[nH]c2ccccc12. The van der Waals surface area contributed by atoms with Crippen molar-refractivity contribution in [2.24, 2.45) is 0 Å². The van der Waals surface area contributed by atoms with Crippen molar-refractivity contribution in [2.45, 2.75) is 11.8 Å². The predicted octanol–water partition coefficient (Wildman–Crippen LogP) is 3.49. The van der Waals surface area contributed by atoms with Gasteiger partial charge in [0, 0.05) is 22.7 Å². The number of aryl methyl sites for hydroxylation is 1. The Hall–Kier alpha value is -4.18. The number of halogens is 1. The second-order valence-electron chi connectivity index (χ2n) is 7.22. The molecule has 0 aliphatic rings. The molecule has 168 valence electrons. The van der Waals surface area contributed by atoms with Crippen LogP contribution >= 0.6 is 0 Å². The zero-order valence-electron chi connectivity index (χ0n) is 17.3. The smallest absolute Gasteiger partial charge is 0.271 e. The molecule has 0 aliphatic heterocycles. The summed E-state index contributed by atoms with van der Waals surface area (Å²) >= 11 is 0. The Bertz CT molecular complexity index is 1480. The summed E-state index contributed by atoms with van der Waals surface area (Å²) < 4.78 is 41.4. The molecule has 0 atom stereocenters. The van der Waals surface area contributed by atoms with Gasteiger partial charge in [-0.15, -0.1) is 0 Å². The molecule has 4 aromatic rings. The van der Waals surface area contributed by atoms with E-state index in [1.165, 1.54) is 36.5 Å². The summed E-state index contributed by atoms with van der Waals surface area (Å²) in [5, 5.41) is 0.688. The first-order valence-corrected chi connectivity index (χ1v) is 11.3. The number of sulfonamides is 1. The predicted molar refractivity (Wildman–Crippen MR) is 122 cm³/mol. The summed E-state index contributed by atoms with van der Waals surface area (Å²) in [5.74, 6) is -1.97. The quantitative estimate of drug-likeness (QED) is 0.337. The summed E-state index contributed by atoms with van der Waals surface area (Å²) in [5.41, 5.74) is 6.05. The molecule has 33 heavy (non-hydrogen) atoms. The number of nitrogens with one attached hydrogen (secondary N) is 4. The lowest BCUT2D eigenvalue weighted by Crippen LogP contribution is -2.41. The third-order valence-electron chi connectivity index (χ3n) is 5.01. The van der Waals surface area contributed by atoms with Crippen LogP contribution in [0.15, 0.2) is 77.8 Å². The van der Waals surface area contributed by atoms with Gasteiger partial charge in [-0.3, -0.25) is 25.2 Å². The first-order chi connectivity index (χ1) is 15.8. The van der Waals surface area contributed by atoms with Crippen LogP contribution < -0.4 is 15.6 Å². The highest BCUT2D eigenvalue weighted by atomic mass is 32.2. The second-order valence-corrected chi connectivity index (χ2v) is 8.90. The molecule has 2 amide bonds. The summed E-state index contributed by atoms with van der Waals surface area (Å²) in [6, 6.07) is 16.5. The Morgan fingerprint density at radius 2 is 1.55 bits per heavy atom. The lowest BCUT2D eigenvalue weighted by atomic mass is 10.1. The van der Waals surface area contributed by atoms with Crippen molar-refractivity contribution in [1.82, 2.24) is 15.8 Å². The van der Waals surface area contributed by atoms with Gasteiger partial charge >= 0.3 is 0 Å². The van der Waals surface area contributed by atoms with Crippen LogP contribution in [-0.2, 0) is 10.0 Å². The monoisotopic (exact) mass is 466 g/mol. The van der Waals surface area contributed by atoms with E-state index in [-0.39, 0.29) is 16.1 Å². The van der Waals surface area contributed by atoms with Crippen LogP contribution in [0.1, 0.15) is 26.3 Å². The van der Waals surface area contributed by atoms with Crippen molar-refractivity contribution in [2.75, 3.05) is 4.72 Å². The number of hydrogen-bond acceptors (Lipinski definition) is 4. The number of fused-ring (bicyclic) bond motifs is 1. The highest BCUT2D eigenvalue weighted by molar-refractivity contribution is 7.92. The van der Waals surface area contributed by atoms with Gasteiger partial charge in [0.05, 0.1) is 16.1 Å². The average molecular weight is 466 g/mol. The van der Waals surface area contributed by atoms with Crippen LogP contribution in [0.25, 0.3) is 10.9 Å². The average Bonchev–Trinajstić information content (AvgIpc) is 3.23. The van der Waals surface area contributed by atoms with Gasteiger partial charge in [-0.05, 0) is 42.8 Å². The number of para-hydroxylation sites is 2. The highest BCUT2D eigenvalue weighted by Crippen LogP contribution is 2.21. The van der Waals surface area contributed by atoms with Crippen molar-refractivity contribution in [3.63, 3.8) is 0 Å². The topological polar surface area (TPSA) is 120 Å². The molecule has 10 heteroatoms. The third kappa shape index (κ3) is 4.55. The van der Waals surface area contributed by atoms with Gasteiger partial charge < -0.3 is 4.98 Å². The van der Waals surface area contributed by atoms with Crippen molar-refractivity contribution < 1.29 is 22.4 Å². The first kappa shape index (κ1) is 22.0. The maximum absolute atomic E-state index is 13.9. The molecule has 0 bridgehead atoms. The van der Waals surface area contributed by atoms with Crippen LogP contribution in [-0.4, -0.2) is 25.2 Å². The minimum Gasteiger partial charge on any atom is -0.360 e. The van der Waals surface area contributed by atoms with Gasteiger partial charge in [-0.2, -0.15) is 0 Å². The molecule has 4 N–H and O–H groups in total. The molecule has 8 nitrogen and oxygen atoms in total. The molecule has 3 aromatic carbocycles. The van der Waals surface area contributed by atoms with Crippen molar-refractivity contribution in [3.05, 3.63) is 95.4 Å². The Balaban J connectivity index is 1.52. The number of aromatic nitrogens is 1. The summed E-state index contributed by atoms with van der Waals surface area (Å²) in [6.45, 7) is 1.62. The van der Waals surface area contributed by atoms with Crippen LogP contribution in [0, 0.1) is 12.7 Å². The van der Waals surface area contributed by atoms with E-state index in [1.807, 2.05) is 12.1 Å². The first-order valence-electron chi connectivity index (χ1n) is 9.81. The van der Waals surface area contributed by atoms with Crippen LogP contribution in [0.2, 0.25) is 0 Å². The number of rotatable bonds is 5. The molecule has 1 aromatic heterocycles. The molecule has 0 saturated carbocycles. The fourth-order valence-electron chi connectivity index (χ4n) is 3.27. The number of anilines is 1. The number of benzene rings is 3. The van der Waals surface area contributed by atoms with E-state index in [0.717, 1.165) is 17.6 Å². The van der Waals surface area contributed by atoms with Gasteiger partial charge in [0.1, 0.15) is 5.82 Å². The van der Waals surface area contributed by atoms with Crippen LogP contribution in [0.5, 0.6) is 0 Å². The highest BCUT2D eigenvalue weighted by Gasteiger charge is 2.20. The molecule has 0 spiro atoms. The van der Waals surface area contributed by atoms with Crippen molar-refractivity contribution >= 4 is 38.4 Å². The fraction of sp³-hybridized carbons (Fsp3) is 0.0435. The molecular formula is C23H19FN4O4S. The normalized spacial score (nSPS) is 11.2. The van der Waals surface area contributed by atoms with E-state index in [4.69, 9.17) is 0 Å². The molecule has 1 heterocycles. The van der Waals surface area contributed by atoms with E-state index >= 15 is 0 Å². The molecule has 4 rings (SSSR count). The Kier molecular flexibility index (Phi) is 5.84. The maximum Gasteiger partial charge on any atom is 0.271 e. The molecule has 0 fully saturated rings.